The Balaban J connectivity index is 2.07. The highest BCUT2D eigenvalue weighted by Crippen LogP contribution is 2.24. The summed E-state index contributed by atoms with van der Waals surface area (Å²) in [5, 5.41) is 2.77. The average Bonchev–Trinajstić information content (AvgIpc) is 2.84. The summed E-state index contributed by atoms with van der Waals surface area (Å²) in [6.07, 6.45) is -0.898. The molecule has 2 aromatic rings. The van der Waals surface area contributed by atoms with E-state index >= 15 is 0 Å². The molecular weight excluding hydrogens is 384 g/mol. The van der Waals surface area contributed by atoms with E-state index in [1.165, 1.54) is 0 Å². The molecule has 1 heterocycles. The maximum atomic E-state index is 12.4. The third kappa shape index (κ3) is 4.31. The molecule has 25 heavy (non-hydrogen) atoms. The number of esters is 1. The van der Waals surface area contributed by atoms with Crippen molar-refractivity contribution in [3.05, 3.63) is 51.3 Å². The highest BCUT2D eigenvalue weighted by Gasteiger charge is 2.22. The topological polar surface area (TPSA) is 60.3 Å². The second-order valence-corrected chi connectivity index (χ2v) is 6.90. The van der Waals surface area contributed by atoms with Gasteiger partial charge in [0.2, 0.25) is 0 Å². The number of ether oxygens (including phenoxy) is 1. The first-order chi connectivity index (χ1) is 11.7. The lowest BCUT2D eigenvalue weighted by atomic mass is 10.2. The van der Waals surface area contributed by atoms with Gasteiger partial charge in [-0.2, -0.15) is 0 Å². The molecule has 0 bridgehead atoms. The zero-order chi connectivity index (χ0) is 18.7. The van der Waals surface area contributed by atoms with Crippen LogP contribution in [-0.2, 0) is 16.1 Å². The van der Waals surface area contributed by atoms with Gasteiger partial charge in [-0.3, -0.25) is 4.79 Å². The van der Waals surface area contributed by atoms with Crippen LogP contribution in [0.1, 0.15) is 41.2 Å². The Morgan fingerprint density at radius 3 is 2.48 bits per heavy atom. The fraction of sp³-hybridized carbons (Fsp3) is 0.368. The van der Waals surface area contributed by atoms with E-state index in [2.05, 4.69) is 21.2 Å². The van der Waals surface area contributed by atoms with Gasteiger partial charge in [-0.05, 0) is 74.3 Å². The second-order valence-electron chi connectivity index (χ2n) is 6.05. The predicted octanol–water partition coefficient (Wildman–Crippen LogP) is 4.38. The van der Waals surface area contributed by atoms with Crippen LogP contribution in [0, 0.1) is 20.8 Å². The number of aryl methyl sites for hydroxylation is 2. The van der Waals surface area contributed by atoms with E-state index in [4.69, 9.17) is 4.74 Å². The minimum Gasteiger partial charge on any atom is -0.449 e. The largest absolute Gasteiger partial charge is 0.449 e. The van der Waals surface area contributed by atoms with Crippen LogP contribution >= 0.6 is 15.9 Å². The smallest absolute Gasteiger partial charge is 0.340 e. The standard InChI is InChI=1S/C19H23BrN2O3/c1-6-22-12(3)10-15(13(22)4)19(24)25-14(5)18(23)21-17-8-7-11(2)9-16(17)20/h7-10,14H,6H2,1-5H3,(H,21,23)/t14-/m0/s1. The molecular formula is C19H23BrN2O3. The fourth-order valence-corrected chi connectivity index (χ4v) is 3.32. The molecule has 0 fully saturated rings. The lowest BCUT2D eigenvalue weighted by molar-refractivity contribution is -0.123. The van der Waals surface area contributed by atoms with Gasteiger partial charge in [0.25, 0.3) is 5.91 Å². The molecule has 6 heteroatoms. The summed E-state index contributed by atoms with van der Waals surface area (Å²) >= 11 is 3.42. The molecule has 0 saturated carbocycles. The van der Waals surface area contributed by atoms with Gasteiger partial charge in [0.05, 0.1) is 11.3 Å². The molecule has 0 aliphatic heterocycles. The van der Waals surface area contributed by atoms with E-state index in [1.807, 2.05) is 44.4 Å². The summed E-state index contributed by atoms with van der Waals surface area (Å²) < 4.78 is 8.16. The van der Waals surface area contributed by atoms with Crippen LogP contribution in [0.15, 0.2) is 28.7 Å². The Morgan fingerprint density at radius 1 is 1.24 bits per heavy atom. The van der Waals surface area contributed by atoms with Crippen molar-refractivity contribution in [1.82, 2.24) is 4.57 Å². The molecule has 5 nitrogen and oxygen atoms in total. The van der Waals surface area contributed by atoms with Crippen LogP contribution in [-0.4, -0.2) is 22.5 Å². The highest BCUT2D eigenvalue weighted by molar-refractivity contribution is 9.10. The summed E-state index contributed by atoms with van der Waals surface area (Å²) in [5.74, 6) is -0.861. The molecule has 0 saturated heterocycles. The fourth-order valence-electron chi connectivity index (χ4n) is 2.73. The summed E-state index contributed by atoms with van der Waals surface area (Å²) in [7, 11) is 0. The SMILES string of the molecule is CCn1c(C)cc(C(=O)O[C@@H](C)C(=O)Nc2ccc(C)cc2Br)c1C. The van der Waals surface area contributed by atoms with E-state index in [0.717, 1.165) is 28.0 Å². The molecule has 1 N–H and O–H groups in total. The summed E-state index contributed by atoms with van der Waals surface area (Å²) in [6.45, 7) is 10.1. The number of benzene rings is 1. The molecule has 0 unspecified atom stereocenters. The molecule has 134 valence electrons. The van der Waals surface area contributed by atoms with Gasteiger partial charge >= 0.3 is 5.97 Å². The van der Waals surface area contributed by atoms with Crippen LogP contribution < -0.4 is 5.32 Å². The van der Waals surface area contributed by atoms with Crippen molar-refractivity contribution in [3.63, 3.8) is 0 Å². The van der Waals surface area contributed by atoms with Crippen molar-refractivity contribution in [2.75, 3.05) is 5.32 Å². The molecule has 0 aliphatic rings. The molecule has 1 aromatic heterocycles. The number of nitrogens with zero attached hydrogens (tertiary/aromatic N) is 1. The number of carbonyl (C=O) groups is 2. The zero-order valence-electron chi connectivity index (χ0n) is 15.1. The number of hydrogen-bond acceptors (Lipinski definition) is 3. The molecule has 0 spiro atoms. The number of amides is 1. The number of carbonyl (C=O) groups excluding carboxylic acids is 2. The van der Waals surface area contributed by atoms with Gasteiger partial charge in [-0.1, -0.05) is 6.07 Å². The van der Waals surface area contributed by atoms with Crippen molar-refractivity contribution in [1.29, 1.82) is 0 Å². The number of halogens is 1. The number of nitrogens with one attached hydrogen (secondary N) is 1. The van der Waals surface area contributed by atoms with E-state index in [9.17, 15) is 9.59 Å². The lowest BCUT2D eigenvalue weighted by Gasteiger charge is -2.14. The summed E-state index contributed by atoms with van der Waals surface area (Å²) in [6, 6.07) is 7.41. The van der Waals surface area contributed by atoms with Gasteiger partial charge in [-0.15, -0.1) is 0 Å². The number of hydrogen-bond donors (Lipinski definition) is 1. The van der Waals surface area contributed by atoms with Crippen molar-refractivity contribution in [2.24, 2.45) is 0 Å². The minimum atomic E-state index is -0.898. The molecule has 1 aromatic carbocycles. The normalized spacial score (nSPS) is 11.9. The lowest BCUT2D eigenvalue weighted by Crippen LogP contribution is -2.30. The summed E-state index contributed by atoms with van der Waals surface area (Å²) in [5.41, 5.74) is 4.06. The van der Waals surface area contributed by atoms with E-state index in [-0.39, 0.29) is 5.91 Å². The van der Waals surface area contributed by atoms with Gasteiger partial charge in [0, 0.05) is 22.4 Å². The van der Waals surface area contributed by atoms with Crippen LogP contribution in [0.5, 0.6) is 0 Å². The van der Waals surface area contributed by atoms with E-state index < -0.39 is 12.1 Å². The highest BCUT2D eigenvalue weighted by atomic mass is 79.9. The molecule has 1 atom stereocenters. The van der Waals surface area contributed by atoms with Crippen LogP contribution in [0.2, 0.25) is 0 Å². The average molecular weight is 407 g/mol. The number of rotatable bonds is 5. The summed E-state index contributed by atoms with van der Waals surface area (Å²) in [4.78, 5) is 24.7. The Hall–Kier alpha value is -2.08. The Labute approximate surface area is 156 Å². The third-order valence-corrected chi connectivity index (χ3v) is 4.80. The molecule has 1 amide bonds. The second kappa shape index (κ2) is 7.87. The van der Waals surface area contributed by atoms with Gasteiger partial charge < -0.3 is 14.6 Å². The first-order valence-corrected chi connectivity index (χ1v) is 8.98. The minimum absolute atomic E-state index is 0.373. The quantitative estimate of drug-likeness (QED) is 0.749. The van der Waals surface area contributed by atoms with Crippen LogP contribution in [0.25, 0.3) is 0 Å². The van der Waals surface area contributed by atoms with Crippen molar-refractivity contribution < 1.29 is 14.3 Å². The molecule has 2 rings (SSSR count). The van der Waals surface area contributed by atoms with Crippen molar-refractivity contribution >= 4 is 33.5 Å². The van der Waals surface area contributed by atoms with Crippen molar-refractivity contribution in [2.45, 2.75) is 47.3 Å². The Morgan fingerprint density at radius 2 is 1.92 bits per heavy atom. The number of anilines is 1. The Kier molecular flexibility index (Phi) is 6.06. The van der Waals surface area contributed by atoms with E-state index in [1.54, 1.807) is 19.1 Å². The maximum absolute atomic E-state index is 12.4. The van der Waals surface area contributed by atoms with Gasteiger partial charge in [0.15, 0.2) is 6.10 Å². The molecule has 0 radical (unpaired) electrons. The molecule has 0 aliphatic carbocycles. The monoisotopic (exact) mass is 406 g/mol. The first-order valence-electron chi connectivity index (χ1n) is 8.19. The maximum Gasteiger partial charge on any atom is 0.340 e. The van der Waals surface area contributed by atoms with E-state index in [0.29, 0.717) is 11.3 Å². The van der Waals surface area contributed by atoms with Crippen LogP contribution in [0.4, 0.5) is 5.69 Å². The van der Waals surface area contributed by atoms with Gasteiger partial charge in [0.1, 0.15) is 0 Å². The van der Waals surface area contributed by atoms with Crippen LogP contribution in [0.3, 0.4) is 0 Å². The first kappa shape index (κ1) is 19.2. The Bertz CT molecular complexity index is 811. The van der Waals surface area contributed by atoms with Crippen molar-refractivity contribution in [3.8, 4) is 0 Å². The van der Waals surface area contributed by atoms with Gasteiger partial charge in [-0.25, -0.2) is 4.79 Å². The zero-order valence-corrected chi connectivity index (χ0v) is 16.7. The predicted molar refractivity (Wildman–Crippen MR) is 102 cm³/mol. The third-order valence-electron chi connectivity index (χ3n) is 4.15. The number of aromatic nitrogens is 1.